The minimum atomic E-state index is -0.315. The van der Waals surface area contributed by atoms with E-state index in [0.29, 0.717) is 34.4 Å². The summed E-state index contributed by atoms with van der Waals surface area (Å²) in [6, 6.07) is 4.98. The Labute approximate surface area is 166 Å². The molecule has 2 aliphatic heterocycles. The molecule has 0 bridgehead atoms. The van der Waals surface area contributed by atoms with Crippen molar-refractivity contribution in [3.8, 4) is 11.5 Å². The molecule has 2 aromatic rings. The van der Waals surface area contributed by atoms with Crippen LogP contribution in [0.3, 0.4) is 0 Å². The molecule has 0 atom stereocenters. The monoisotopic (exact) mass is 402 g/mol. The van der Waals surface area contributed by atoms with Gasteiger partial charge in [-0.05, 0) is 57.1 Å². The van der Waals surface area contributed by atoms with Crippen LogP contribution in [-0.2, 0) is 0 Å². The van der Waals surface area contributed by atoms with Gasteiger partial charge in [-0.15, -0.1) is 11.3 Å². The summed E-state index contributed by atoms with van der Waals surface area (Å²) in [7, 11) is 0. The topological polar surface area (TPSA) is 92.8 Å². The lowest BCUT2D eigenvalue weighted by atomic mass is 10.2. The first-order valence-corrected chi connectivity index (χ1v) is 10.2. The van der Waals surface area contributed by atoms with Crippen molar-refractivity contribution in [3.05, 3.63) is 34.8 Å². The summed E-state index contributed by atoms with van der Waals surface area (Å²) in [6.07, 6.45) is 3.46. The van der Waals surface area contributed by atoms with Gasteiger partial charge in [0.1, 0.15) is 5.69 Å². The third-order valence-electron chi connectivity index (χ3n) is 4.73. The average molecular weight is 402 g/mol. The number of thiazole rings is 1. The van der Waals surface area contributed by atoms with Gasteiger partial charge in [-0.3, -0.25) is 14.9 Å². The molecule has 9 heteroatoms. The Hall–Kier alpha value is -2.65. The van der Waals surface area contributed by atoms with Gasteiger partial charge in [-0.1, -0.05) is 0 Å². The molecular formula is C19H22N4O4S. The van der Waals surface area contributed by atoms with Gasteiger partial charge in [-0.25, -0.2) is 4.98 Å². The maximum Gasteiger partial charge on any atom is 0.270 e. The van der Waals surface area contributed by atoms with Crippen molar-refractivity contribution in [2.75, 3.05) is 38.3 Å². The minimum Gasteiger partial charge on any atom is -0.454 e. The molecule has 2 N–H and O–H groups in total. The molecule has 0 spiro atoms. The van der Waals surface area contributed by atoms with E-state index in [1.54, 1.807) is 23.6 Å². The van der Waals surface area contributed by atoms with Gasteiger partial charge in [0.2, 0.25) is 6.79 Å². The van der Waals surface area contributed by atoms with E-state index in [4.69, 9.17) is 9.47 Å². The third kappa shape index (κ3) is 4.42. The van der Waals surface area contributed by atoms with Crippen LogP contribution in [0, 0.1) is 0 Å². The van der Waals surface area contributed by atoms with Crippen LogP contribution in [0.5, 0.6) is 11.5 Å². The van der Waals surface area contributed by atoms with Crippen molar-refractivity contribution in [2.45, 2.75) is 19.3 Å². The zero-order valence-electron chi connectivity index (χ0n) is 15.4. The predicted octanol–water partition coefficient (Wildman–Crippen LogP) is 2.34. The van der Waals surface area contributed by atoms with Crippen LogP contribution in [0.15, 0.2) is 23.6 Å². The van der Waals surface area contributed by atoms with Crippen molar-refractivity contribution in [1.29, 1.82) is 0 Å². The van der Waals surface area contributed by atoms with E-state index < -0.39 is 0 Å². The lowest BCUT2D eigenvalue weighted by molar-refractivity contribution is 0.0946. The van der Waals surface area contributed by atoms with Crippen LogP contribution in [0.2, 0.25) is 0 Å². The number of benzene rings is 1. The molecule has 0 aliphatic carbocycles. The summed E-state index contributed by atoms with van der Waals surface area (Å²) in [5.74, 6) is 0.627. The molecule has 1 fully saturated rings. The highest BCUT2D eigenvalue weighted by molar-refractivity contribution is 7.14. The zero-order chi connectivity index (χ0) is 19.3. The molecule has 0 unspecified atom stereocenters. The van der Waals surface area contributed by atoms with Gasteiger partial charge in [0.25, 0.3) is 11.8 Å². The Morgan fingerprint density at radius 2 is 1.96 bits per heavy atom. The molecular weight excluding hydrogens is 380 g/mol. The number of fused-ring (bicyclic) bond motifs is 1. The van der Waals surface area contributed by atoms with Crippen LogP contribution in [0.25, 0.3) is 0 Å². The van der Waals surface area contributed by atoms with Crippen molar-refractivity contribution < 1.29 is 19.1 Å². The highest BCUT2D eigenvalue weighted by Gasteiger charge is 2.18. The van der Waals surface area contributed by atoms with E-state index in [2.05, 4.69) is 20.5 Å². The van der Waals surface area contributed by atoms with E-state index in [9.17, 15) is 9.59 Å². The summed E-state index contributed by atoms with van der Waals surface area (Å²) in [6.45, 7) is 4.10. The Morgan fingerprint density at radius 3 is 2.82 bits per heavy atom. The number of aromatic nitrogens is 1. The Kier molecular flexibility index (Phi) is 5.73. The van der Waals surface area contributed by atoms with Gasteiger partial charge in [-0.2, -0.15) is 0 Å². The minimum absolute atomic E-state index is 0.156. The van der Waals surface area contributed by atoms with Crippen LogP contribution < -0.4 is 20.1 Å². The second-order valence-corrected chi connectivity index (χ2v) is 7.58. The fraction of sp³-hybridized carbons (Fsp3) is 0.421. The Balaban J connectivity index is 1.26. The largest absolute Gasteiger partial charge is 0.454 e. The van der Waals surface area contributed by atoms with E-state index in [1.165, 1.54) is 24.2 Å². The highest BCUT2D eigenvalue weighted by Crippen LogP contribution is 2.32. The molecule has 1 saturated heterocycles. The fourth-order valence-corrected chi connectivity index (χ4v) is 3.93. The van der Waals surface area contributed by atoms with Crippen LogP contribution in [0.4, 0.5) is 5.13 Å². The molecule has 0 saturated carbocycles. The van der Waals surface area contributed by atoms with Gasteiger partial charge in [0.05, 0.1) is 0 Å². The second kappa shape index (κ2) is 8.57. The highest BCUT2D eigenvalue weighted by atomic mass is 32.1. The summed E-state index contributed by atoms with van der Waals surface area (Å²) in [5, 5.41) is 7.62. The summed E-state index contributed by atoms with van der Waals surface area (Å²) >= 11 is 1.22. The van der Waals surface area contributed by atoms with Crippen LogP contribution >= 0.6 is 11.3 Å². The number of nitrogens with one attached hydrogen (secondary N) is 2. The van der Waals surface area contributed by atoms with Crippen molar-refractivity contribution in [3.63, 3.8) is 0 Å². The number of rotatable bonds is 7. The third-order valence-corrected chi connectivity index (χ3v) is 5.49. The lowest BCUT2D eigenvalue weighted by Gasteiger charge is -2.13. The number of amides is 2. The second-order valence-electron chi connectivity index (χ2n) is 6.72. The summed E-state index contributed by atoms with van der Waals surface area (Å²) < 4.78 is 10.5. The van der Waals surface area contributed by atoms with Crippen LogP contribution in [0.1, 0.15) is 40.1 Å². The summed E-state index contributed by atoms with van der Waals surface area (Å²) in [5.41, 5.74) is 0.750. The normalized spacial score (nSPS) is 15.6. The standard InChI is InChI=1S/C19H22N4O4S/c24-17(13-4-5-15-16(10-13)27-12-26-15)22-19-21-14(11-28-19)18(25)20-6-3-9-23-7-1-2-8-23/h4-5,10-11H,1-3,6-9,12H2,(H,20,25)(H,21,22,24). The first kappa shape index (κ1) is 18.7. The molecule has 148 valence electrons. The SMILES string of the molecule is O=C(Nc1nc(C(=O)NCCCN2CCCC2)cs1)c1ccc2c(c1)OCO2. The first-order chi connectivity index (χ1) is 13.7. The maximum absolute atomic E-state index is 12.4. The number of carbonyl (C=O) groups excluding carboxylic acids is 2. The number of anilines is 1. The van der Waals surface area contributed by atoms with Crippen LogP contribution in [-0.4, -0.2) is 54.7 Å². The van der Waals surface area contributed by atoms with Gasteiger partial charge >= 0.3 is 0 Å². The molecule has 3 heterocycles. The first-order valence-electron chi connectivity index (χ1n) is 9.36. The van der Waals surface area contributed by atoms with E-state index >= 15 is 0 Å². The Morgan fingerprint density at radius 1 is 1.14 bits per heavy atom. The molecule has 4 rings (SSSR count). The lowest BCUT2D eigenvalue weighted by Crippen LogP contribution is -2.28. The Bertz CT molecular complexity index is 863. The smallest absolute Gasteiger partial charge is 0.270 e. The van der Waals surface area contributed by atoms with Gasteiger partial charge in [0, 0.05) is 17.5 Å². The van der Waals surface area contributed by atoms with Gasteiger partial charge < -0.3 is 19.7 Å². The van der Waals surface area contributed by atoms with Crippen molar-refractivity contribution in [2.24, 2.45) is 0 Å². The van der Waals surface area contributed by atoms with Crippen molar-refractivity contribution >= 4 is 28.3 Å². The molecule has 2 amide bonds. The summed E-state index contributed by atoms with van der Waals surface area (Å²) in [4.78, 5) is 31.2. The maximum atomic E-state index is 12.4. The molecule has 1 aromatic heterocycles. The number of hydrogen-bond acceptors (Lipinski definition) is 7. The zero-order valence-corrected chi connectivity index (χ0v) is 16.2. The molecule has 28 heavy (non-hydrogen) atoms. The molecule has 0 radical (unpaired) electrons. The fourth-order valence-electron chi connectivity index (χ4n) is 3.24. The number of ether oxygens (including phenoxy) is 2. The van der Waals surface area contributed by atoms with E-state index in [0.717, 1.165) is 26.1 Å². The number of nitrogens with zero attached hydrogens (tertiary/aromatic N) is 2. The number of hydrogen-bond donors (Lipinski definition) is 2. The number of likely N-dealkylation sites (tertiary alicyclic amines) is 1. The van der Waals surface area contributed by atoms with E-state index in [1.807, 2.05) is 0 Å². The predicted molar refractivity (Wildman–Crippen MR) is 105 cm³/mol. The quantitative estimate of drug-likeness (QED) is 0.691. The van der Waals surface area contributed by atoms with Gasteiger partial charge in [0.15, 0.2) is 16.6 Å². The molecule has 1 aromatic carbocycles. The average Bonchev–Trinajstić information content (AvgIpc) is 3.45. The number of carbonyl (C=O) groups is 2. The molecule has 2 aliphatic rings. The van der Waals surface area contributed by atoms with E-state index in [-0.39, 0.29) is 18.6 Å². The molecule has 8 nitrogen and oxygen atoms in total. The van der Waals surface area contributed by atoms with Crippen molar-refractivity contribution in [1.82, 2.24) is 15.2 Å².